The van der Waals surface area contributed by atoms with Gasteiger partial charge in [-0.2, -0.15) is 0 Å². The van der Waals surface area contributed by atoms with E-state index in [1.165, 1.54) is 128 Å². The molecule has 6 nitrogen and oxygen atoms in total. The number of amides is 1. The highest BCUT2D eigenvalue weighted by molar-refractivity contribution is 5.77. The van der Waals surface area contributed by atoms with Gasteiger partial charge in [0.1, 0.15) is 6.10 Å². The summed E-state index contributed by atoms with van der Waals surface area (Å²) in [6, 6.07) is -0.700. The number of allylic oxidation sites excluding steroid dienone is 4. The van der Waals surface area contributed by atoms with Gasteiger partial charge in [-0.25, -0.2) is 0 Å². The molecule has 0 aromatic heterocycles. The van der Waals surface area contributed by atoms with Crippen molar-refractivity contribution in [3.63, 3.8) is 0 Å². The summed E-state index contributed by atoms with van der Waals surface area (Å²) >= 11 is 0. The fourth-order valence-corrected chi connectivity index (χ4v) is 7.23. The van der Waals surface area contributed by atoms with E-state index in [0.717, 1.165) is 70.6 Å². The van der Waals surface area contributed by atoms with Crippen LogP contribution in [0.25, 0.3) is 0 Å². The molecule has 0 radical (unpaired) electrons. The molecule has 0 aliphatic carbocycles. The van der Waals surface area contributed by atoms with Gasteiger partial charge in [-0.15, -0.1) is 0 Å². The van der Waals surface area contributed by atoms with Crippen LogP contribution < -0.4 is 5.32 Å². The minimum absolute atomic E-state index is 0.0723. The lowest BCUT2D eigenvalue weighted by Gasteiger charge is -2.24. The normalized spacial score (nSPS) is 13.5. The maximum atomic E-state index is 13.1. The molecule has 0 rings (SSSR count). The van der Waals surface area contributed by atoms with E-state index in [4.69, 9.17) is 4.74 Å². The molecule has 0 aromatic rings. The van der Waals surface area contributed by atoms with Crippen LogP contribution in [-0.4, -0.2) is 46.9 Å². The Labute approximate surface area is 335 Å². The molecule has 3 unspecified atom stereocenters. The molecule has 0 saturated carbocycles. The third kappa shape index (κ3) is 37.3. The van der Waals surface area contributed by atoms with Crippen molar-refractivity contribution in [2.75, 3.05) is 6.61 Å². The van der Waals surface area contributed by atoms with Gasteiger partial charge in [-0.05, 0) is 51.4 Å². The fourth-order valence-electron chi connectivity index (χ4n) is 7.23. The van der Waals surface area contributed by atoms with Crippen LogP contribution in [0.15, 0.2) is 24.3 Å². The summed E-state index contributed by atoms with van der Waals surface area (Å²) < 4.78 is 5.89. The lowest BCUT2D eigenvalue weighted by atomic mass is 10.0. The average Bonchev–Trinajstić information content (AvgIpc) is 3.16. The number of unbranched alkanes of at least 4 members (excludes halogenated alkanes) is 26. The van der Waals surface area contributed by atoms with Crippen LogP contribution in [-0.2, 0) is 14.3 Å². The number of nitrogens with one attached hydrogen (secondary N) is 1. The van der Waals surface area contributed by atoms with E-state index in [9.17, 15) is 19.8 Å². The summed E-state index contributed by atoms with van der Waals surface area (Å²) in [6.45, 7) is 6.36. The van der Waals surface area contributed by atoms with Crippen molar-refractivity contribution < 1.29 is 24.5 Å². The van der Waals surface area contributed by atoms with Crippen molar-refractivity contribution in [1.29, 1.82) is 0 Å². The average molecular weight is 762 g/mol. The summed E-state index contributed by atoms with van der Waals surface area (Å²) in [4.78, 5) is 25.9. The van der Waals surface area contributed by atoms with Crippen LogP contribution in [0.2, 0.25) is 0 Å². The predicted octanol–water partition coefficient (Wildman–Crippen LogP) is 13.6. The molecule has 318 valence electrons. The second-order valence-electron chi connectivity index (χ2n) is 16.1. The van der Waals surface area contributed by atoms with Crippen LogP contribution in [0.4, 0.5) is 0 Å². The van der Waals surface area contributed by atoms with Crippen molar-refractivity contribution in [2.45, 2.75) is 264 Å². The maximum Gasteiger partial charge on any atom is 0.306 e. The third-order valence-corrected chi connectivity index (χ3v) is 10.8. The van der Waals surface area contributed by atoms with Crippen molar-refractivity contribution in [3.05, 3.63) is 24.3 Å². The zero-order valence-corrected chi connectivity index (χ0v) is 36.1. The molecule has 0 spiro atoms. The molecule has 0 fully saturated rings. The molecule has 0 aliphatic rings. The number of esters is 1. The number of hydrogen-bond donors (Lipinski definition) is 3. The molecule has 0 aromatic carbocycles. The lowest BCUT2D eigenvalue weighted by molar-refractivity contribution is -0.151. The highest BCUT2D eigenvalue weighted by Crippen LogP contribution is 2.18. The highest BCUT2D eigenvalue weighted by atomic mass is 16.5. The first-order chi connectivity index (χ1) is 26.5. The predicted molar refractivity (Wildman–Crippen MR) is 232 cm³/mol. The lowest BCUT2D eigenvalue weighted by Crippen LogP contribution is -2.46. The Morgan fingerprint density at radius 3 is 1.50 bits per heavy atom. The number of aliphatic hydroxyl groups excluding tert-OH is 2. The van der Waals surface area contributed by atoms with E-state index in [1.807, 2.05) is 0 Å². The summed E-state index contributed by atoms with van der Waals surface area (Å²) in [5.74, 6) is -0.483. The largest absolute Gasteiger partial charge is 0.462 e. The third-order valence-electron chi connectivity index (χ3n) is 10.8. The number of carbonyl (C=O) groups is 2. The van der Waals surface area contributed by atoms with Crippen LogP contribution in [0.5, 0.6) is 0 Å². The fraction of sp³-hybridized carbons (Fsp3) is 0.875. The minimum atomic E-state index is -0.786. The van der Waals surface area contributed by atoms with Crippen molar-refractivity contribution >= 4 is 11.9 Å². The Morgan fingerprint density at radius 1 is 0.556 bits per heavy atom. The number of carbonyl (C=O) groups excluding carboxylic acids is 2. The molecular weight excluding hydrogens is 671 g/mol. The SMILES string of the molecule is CC/C=C/C/C=C/CCCCCCCC(CC(=O)NC(CO)C(O)CCCCCCCCCCCCCCCC)OC(=O)CCCCCCCCCCC. The molecule has 3 N–H and O–H groups in total. The second-order valence-corrected chi connectivity index (χ2v) is 16.1. The van der Waals surface area contributed by atoms with Gasteiger partial charge in [0.15, 0.2) is 0 Å². The number of rotatable bonds is 42. The molecule has 3 atom stereocenters. The number of aliphatic hydroxyl groups is 2. The zero-order valence-electron chi connectivity index (χ0n) is 36.1. The Balaban J connectivity index is 4.52. The smallest absolute Gasteiger partial charge is 0.306 e. The quantitative estimate of drug-likeness (QED) is 0.0327. The Morgan fingerprint density at radius 2 is 1.00 bits per heavy atom. The molecule has 0 saturated heterocycles. The molecule has 6 heteroatoms. The molecule has 0 heterocycles. The van der Waals surface area contributed by atoms with Crippen LogP contribution >= 0.6 is 0 Å². The summed E-state index contributed by atoms with van der Waals surface area (Å²) in [5.41, 5.74) is 0. The van der Waals surface area contributed by atoms with Crippen LogP contribution in [0, 0.1) is 0 Å². The van der Waals surface area contributed by atoms with Gasteiger partial charge in [0.2, 0.25) is 5.91 Å². The van der Waals surface area contributed by atoms with Gasteiger partial charge in [0, 0.05) is 6.42 Å². The topological polar surface area (TPSA) is 95.9 Å². The Hall–Kier alpha value is -1.66. The van der Waals surface area contributed by atoms with Gasteiger partial charge in [-0.1, -0.05) is 206 Å². The van der Waals surface area contributed by atoms with E-state index < -0.39 is 18.2 Å². The van der Waals surface area contributed by atoms with Crippen LogP contribution in [0.3, 0.4) is 0 Å². The first-order valence-corrected chi connectivity index (χ1v) is 23.6. The van der Waals surface area contributed by atoms with Gasteiger partial charge in [0.25, 0.3) is 0 Å². The molecule has 1 amide bonds. The standard InChI is InChI=1S/C48H91NO5/c1-4-7-10-13-16-19-21-23-24-26-29-31-34-37-40-46(51)45(43-50)49-47(52)42-44(39-36-33-30-28-25-22-20-17-14-11-8-5-2)54-48(53)41-38-35-32-27-18-15-12-9-6-3/h8,11,17,20,44-46,50-51H,4-7,9-10,12-16,18-19,21-43H2,1-3H3,(H,49,52)/b11-8+,20-17+. The number of ether oxygens (including phenoxy) is 1. The van der Waals surface area contributed by atoms with Gasteiger partial charge in [0.05, 0.1) is 25.2 Å². The zero-order chi connectivity index (χ0) is 39.6. The van der Waals surface area contributed by atoms with Crippen molar-refractivity contribution in [1.82, 2.24) is 5.32 Å². The monoisotopic (exact) mass is 762 g/mol. The maximum absolute atomic E-state index is 13.1. The summed E-state index contributed by atoms with van der Waals surface area (Å²) in [7, 11) is 0. The van der Waals surface area contributed by atoms with Gasteiger partial charge >= 0.3 is 5.97 Å². The molecule has 54 heavy (non-hydrogen) atoms. The molecule has 0 bridgehead atoms. The minimum Gasteiger partial charge on any atom is -0.462 e. The Bertz CT molecular complexity index is 858. The highest BCUT2D eigenvalue weighted by Gasteiger charge is 2.24. The van der Waals surface area contributed by atoms with E-state index in [2.05, 4.69) is 50.4 Å². The summed E-state index contributed by atoms with van der Waals surface area (Å²) in [5, 5.41) is 23.7. The molecular formula is C48H91NO5. The Kier molecular flexibility index (Phi) is 41.2. The first-order valence-electron chi connectivity index (χ1n) is 23.6. The van der Waals surface area contributed by atoms with Gasteiger partial charge in [-0.3, -0.25) is 9.59 Å². The molecule has 0 aliphatic heterocycles. The summed E-state index contributed by atoms with van der Waals surface area (Å²) in [6.07, 6.45) is 46.7. The van der Waals surface area contributed by atoms with Crippen molar-refractivity contribution in [2.24, 2.45) is 0 Å². The van der Waals surface area contributed by atoms with E-state index in [0.29, 0.717) is 19.3 Å². The van der Waals surface area contributed by atoms with Gasteiger partial charge < -0.3 is 20.3 Å². The number of hydrogen-bond acceptors (Lipinski definition) is 5. The first kappa shape index (κ1) is 52.3. The van der Waals surface area contributed by atoms with E-state index >= 15 is 0 Å². The second kappa shape index (κ2) is 42.5. The van der Waals surface area contributed by atoms with E-state index in [-0.39, 0.29) is 24.9 Å². The van der Waals surface area contributed by atoms with Crippen LogP contribution in [0.1, 0.15) is 245 Å². The van der Waals surface area contributed by atoms with E-state index in [1.54, 1.807) is 0 Å². The van der Waals surface area contributed by atoms with Crippen molar-refractivity contribution in [3.8, 4) is 0 Å².